The molecule has 0 saturated heterocycles. The predicted octanol–water partition coefficient (Wildman–Crippen LogP) is 3.71. The van der Waals surface area contributed by atoms with E-state index in [4.69, 9.17) is 5.10 Å². The van der Waals surface area contributed by atoms with Gasteiger partial charge in [0.05, 0.1) is 15.7 Å². The second kappa shape index (κ2) is 5.94. The van der Waals surface area contributed by atoms with Crippen molar-refractivity contribution in [2.75, 3.05) is 5.32 Å². The molecule has 4 aliphatic rings. The summed E-state index contributed by atoms with van der Waals surface area (Å²) in [7, 11) is 0. The highest BCUT2D eigenvalue weighted by molar-refractivity contribution is 9.10. The summed E-state index contributed by atoms with van der Waals surface area (Å²) in [5.41, 5.74) is 1.07. The minimum atomic E-state index is -0.101. The third kappa shape index (κ3) is 2.80. The predicted molar refractivity (Wildman–Crippen MR) is 102 cm³/mol. The first-order valence-electron chi connectivity index (χ1n) is 9.55. The normalized spacial score (nSPS) is 32.2. The van der Waals surface area contributed by atoms with Crippen molar-refractivity contribution in [2.45, 2.75) is 57.5 Å². The smallest absolute Gasteiger partial charge is 0.247 e. The maximum Gasteiger partial charge on any atom is 0.247 e. The van der Waals surface area contributed by atoms with Gasteiger partial charge in [-0.2, -0.15) is 10.2 Å². The van der Waals surface area contributed by atoms with Crippen LogP contribution in [0.15, 0.2) is 22.9 Å². The summed E-state index contributed by atoms with van der Waals surface area (Å²) in [6, 6.07) is 1.93. The van der Waals surface area contributed by atoms with Crippen molar-refractivity contribution < 1.29 is 4.79 Å². The number of halogens is 1. The fourth-order valence-electron chi connectivity index (χ4n) is 5.90. The highest BCUT2D eigenvalue weighted by atomic mass is 79.9. The number of aryl methyl sites for hydroxylation is 1. The van der Waals surface area contributed by atoms with E-state index in [9.17, 15) is 4.79 Å². The molecule has 0 radical (unpaired) electrons. The molecular weight excluding hydrogens is 394 g/mol. The molecule has 4 aliphatic carbocycles. The Hall–Kier alpha value is -1.63. The van der Waals surface area contributed by atoms with E-state index in [0.29, 0.717) is 5.82 Å². The molecule has 0 aromatic carbocycles. The maximum absolute atomic E-state index is 12.3. The van der Waals surface area contributed by atoms with E-state index in [1.807, 2.05) is 19.2 Å². The van der Waals surface area contributed by atoms with E-state index >= 15 is 0 Å². The van der Waals surface area contributed by atoms with Gasteiger partial charge in [0.1, 0.15) is 6.54 Å². The van der Waals surface area contributed by atoms with E-state index in [1.165, 1.54) is 38.5 Å². The van der Waals surface area contributed by atoms with Gasteiger partial charge < -0.3 is 5.32 Å². The fraction of sp³-hybridized carbons (Fsp3) is 0.632. The number of carbonyl (C=O) groups excluding carboxylic acids is 1. The Bertz CT molecular complexity index is 799. The van der Waals surface area contributed by atoms with Gasteiger partial charge in [0.15, 0.2) is 5.82 Å². The largest absolute Gasteiger partial charge is 0.308 e. The molecule has 4 fully saturated rings. The zero-order valence-corrected chi connectivity index (χ0v) is 16.6. The van der Waals surface area contributed by atoms with Crippen molar-refractivity contribution in [1.29, 1.82) is 0 Å². The quantitative estimate of drug-likeness (QED) is 0.823. The van der Waals surface area contributed by atoms with E-state index in [2.05, 4.69) is 37.2 Å². The van der Waals surface area contributed by atoms with Crippen LogP contribution < -0.4 is 5.32 Å². The molecule has 2 aromatic rings. The molecule has 1 N–H and O–H groups in total. The van der Waals surface area contributed by atoms with E-state index < -0.39 is 0 Å². The average Bonchev–Trinajstić information content (AvgIpc) is 3.13. The van der Waals surface area contributed by atoms with Crippen molar-refractivity contribution in [3.05, 3.63) is 28.6 Å². The molecule has 6 rings (SSSR count). The van der Waals surface area contributed by atoms with Gasteiger partial charge >= 0.3 is 0 Å². The Labute approximate surface area is 161 Å². The summed E-state index contributed by atoms with van der Waals surface area (Å²) < 4.78 is 4.73. The number of aromatic nitrogens is 4. The summed E-state index contributed by atoms with van der Waals surface area (Å²) in [5.74, 6) is 3.18. The summed E-state index contributed by atoms with van der Waals surface area (Å²) in [5, 5.41) is 12.0. The average molecular weight is 418 g/mol. The van der Waals surface area contributed by atoms with Crippen LogP contribution in [0.2, 0.25) is 0 Å². The van der Waals surface area contributed by atoms with Crippen LogP contribution in [0.5, 0.6) is 0 Å². The molecule has 0 atom stereocenters. The summed E-state index contributed by atoms with van der Waals surface area (Å²) in [6.07, 6.45) is 11.9. The van der Waals surface area contributed by atoms with E-state index in [-0.39, 0.29) is 18.0 Å². The third-order valence-corrected chi connectivity index (χ3v) is 7.32. The number of carbonyl (C=O) groups is 1. The van der Waals surface area contributed by atoms with Crippen LogP contribution >= 0.6 is 15.9 Å². The number of anilines is 1. The summed E-state index contributed by atoms with van der Waals surface area (Å²) >= 11 is 3.42. The van der Waals surface area contributed by atoms with Crippen LogP contribution in [-0.4, -0.2) is 25.5 Å². The molecule has 1 amide bonds. The highest BCUT2D eigenvalue weighted by Gasteiger charge is 2.52. The fourth-order valence-corrected chi connectivity index (χ4v) is 6.22. The lowest BCUT2D eigenvalue weighted by Crippen LogP contribution is -2.52. The Morgan fingerprint density at radius 2 is 1.88 bits per heavy atom. The van der Waals surface area contributed by atoms with Gasteiger partial charge in [-0.3, -0.25) is 14.2 Å². The monoisotopic (exact) mass is 417 g/mol. The Morgan fingerprint density at radius 1 is 1.23 bits per heavy atom. The van der Waals surface area contributed by atoms with Crippen LogP contribution in [0.25, 0.3) is 0 Å². The molecule has 6 nitrogen and oxygen atoms in total. The lowest BCUT2D eigenvalue weighted by Gasteiger charge is -2.56. The molecule has 4 bridgehead atoms. The molecule has 0 unspecified atom stereocenters. The van der Waals surface area contributed by atoms with Gasteiger partial charge in [0, 0.05) is 18.5 Å². The number of nitrogens with zero attached hydrogens (tertiary/aromatic N) is 4. The Morgan fingerprint density at radius 3 is 2.46 bits per heavy atom. The molecule has 138 valence electrons. The number of hydrogen-bond donors (Lipinski definition) is 1. The van der Waals surface area contributed by atoms with Crippen molar-refractivity contribution >= 4 is 27.7 Å². The van der Waals surface area contributed by atoms with Gasteiger partial charge in [-0.25, -0.2) is 0 Å². The first kappa shape index (κ1) is 16.5. The van der Waals surface area contributed by atoms with Crippen molar-refractivity contribution in [2.24, 2.45) is 17.8 Å². The molecule has 2 heterocycles. The van der Waals surface area contributed by atoms with Gasteiger partial charge in [0.2, 0.25) is 5.91 Å². The van der Waals surface area contributed by atoms with Gasteiger partial charge in [-0.1, -0.05) is 0 Å². The number of amides is 1. The maximum atomic E-state index is 12.3. The molecule has 2 aromatic heterocycles. The number of hydrogen-bond acceptors (Lipinski definition) is 3. The van der Waals surface area contributed by atoms with E-state index in [0.717, 1.165) is 27.9 Å². The van der Waals surface area contributed by atoms with Crippen LogP contribution in [0.3, 0.4) is 0 Å². The van der Waals surface area contributed by atoms with E-state index in [1.54, 1.807) is 4.68 Å². The second-order valence-corrected chi connectivity index (χ2v) is 9.45. The first-order valence-corrected chi connectivity index (χ1v) is 10.3. The summed E-state index contributed by atoms with van der Waals surface area (Å²) in [4.78, 5) is 12.3. The van der Waals surface area contributed by atoms with Crippen LogP contribution in [0.4, 0.5) is 5.82 Å². The molecule has 7 heteroatoms. The third-order valence-electron chi connectivity index (χ3n) is 6.54. The summed E-state index contributed by atoms with van der Waals surface area (Å²) in [6.45, 7) is 2.10. The standard InChI is InChI=1S/C19H24BrN5O/c1-12-16(20)10-24(22-12)11-18(26)21-17-2-3-25(23-17)19-7-13-4-14(8-19)6-15(5-13)9-19/h2-3,10,13-15H,4-9,11H2,1H3,(H,21,23,26). The van der Waals surface area contributed by atoms with Crippen LogP contribution in [0.1, 0.15) is 44.2 Å². The molecule has 26 heavy (non-hydrogen) atoms. The Balaban J connectivity index is 1.29. The van der Waals surface area contributed by atoms with Gasteiger partial charge in [0.25, 0.3) is 0 Å². The van der Waals surface area contributed by atoms with Crippen molar-refractivity contribution in [3.8, 4) is 0 Å². The topological polar surface area (TPSA) is 64.7 Å². The van der Waals surface area contributed by atoms with Crippen molar-refractivity contribution in [3.63, 3.8) is 0 Å². The SMILES string of the molecule is Cc1nn(CC(=O)Nc2ccn(C34CC5CC(CC(C5)C3)C4)n2)cc1Br. The Kier molecular flexibility index (Phi) is 3.78. The second-order valence-electron chi connectivity index (χ2n) is 8.60. The minimum absolute atomic E-state index is 0.101. The molecule has 0 aliphatic heterocycles. The van der Waals surface area contributed by atoms with Crippen LogP contribution in [-0.2, 0) is 16.9 Å². The minimum Gasteiger partial charge on any atom is -0.308 e. The first-order chi connectivity index (χ1) is 12.5. The van der Waals surface area contributed by atoms with Gasteiger partial charge in [-0.15, -0.1) is 0 Å². The number of nitrogens with one attached hydrogen (secondary N) is 1. The lowest BCUT2D eigenvalue weighted by molar-refractivity contribution is -0.116. The zero-order chi connectivity index (χ0) is 17.9. The molecule has 0 spiro atoms. The van der Waals surface area contributed by atoms with Gasteiger partial charge in [-0.05, 0) is 79.1 Å². The zero-order valence-electron chi connectivity index (χ0n) is 15.0. The molecular formula is C19H24BrN5O. The van der Waals surface area contributed by atoms with Crippen LogP contribution in [0, 0.1) is 24.7 Å². The highest BCUT2D eigenvalue weighted by Crippen LogP contribution is 2.58. The number of rotatable bonds is 4. The lowest BCUT2D eigenvalue weighted by atomic mass is 9.53. The van der Waals surface area contributed by atoms with Crippen molar-refractivity contribution in [1.82, 2.24) is 19.6 Å². The molecule has 4 saturated carbocycles.